The van der Waals surface area contributed by atoms with Gasteiger partial charge in [0.2, 0.25) is 0 Å². The number of hydrogen-bond donors (Lipinski definition) is 1. The van der Waals surface area contributed by atoms with Crippen molar-refractivity contribution in [2.24, 2.45) is 0 Å². The van der Waals surface area contributed by atoms with Crippen LogP contribution in [0.3, 0.4) is 0 Å². The number of aromatic carboxylic acids is 1. The summed E-state index contributed by atoms with van der Waals surface area (Å²) in [4.78, 5) is 23.8. The molecule has 4 heterocycles. The van der Waals surface area contributed by atoms with Crippen LogP contribution in [0.15, 0.2) is 41.0 Å². The van der Waals surface area contributed by atoms with Gasteiger partial charge in [-0.25, -0.2) is 14.8 Å². The van der Waals surface area contributed by atoms with Gasteiger partial charge in [-0.2, -0.15) is 0 Å². The van der Waals surface area contributed by atoms with Crippen LogP contribution < -0.4 is 0 Å². The summed E-state index contributed by atoms with van der Waals surface area (Å²) in [6.45, 7) is 8.52. The molecule has 0 atom stereocenters. The first-order chi connectivity index (χ1) is 14.6. The Morgan fingerprint density at radius 3 is 1.87 bits per heavy atom. The van der Waals surface area contributed by atoms with Gasteiger partial charge in [-0.1, -0.05) is 12.1 Å². The van der Waals surface area contributed by atoms with Crippen LogP contribution in [-0.2, 0) is 22.6 Å². The molecule has 2 aromatic rings. The molecule has 8 nitrogen and oxygen atoms in total. The van der Waals surface area contributed by atoms with Gasteiger partial charge >= 0.3 is 5.97 Å². The fourth-order valence-electron chi connectivity index (χ4n) is 3.20. The largest absolute Gasteiger partial charge is 0.477 e. The summed E-state index contributed by atoms with van der Waals surface area (Å²) in [6, 6.07) is 11.1. The number of pyridine rings is 2. The second kappa shape index (κ2) is 12.1. The van der Waals surface area contributed by atoms with Gasteiger partial charge in [0.05, 0.1) is 37.8 Å². The SMILES string of the molecule is Brc1cccc(CN2CCOCC2)n1.O=C(O)c1cccc(CN2CCOCC2)n1. The Morgan fingerprint density at radius 1 is 0.867 bits per heavy atom. The van der Waals surface area contributed by atoms with Gasteiger partial charge in [0.1, 0.15) is 10.3 Å². The van der Waals surface area contributed by atoms with Crippen molar-refractivity contribution in [2.45, 2.75) is 13.1 Å². The molecule has 0 spiro atoms. The molecule has 0 unspecified atom stereocenters. The molecule has 2 aliphatic rings. The highest BCUT2D eigenvalue weighted by atomic mass is 79.9. The lowest BCUT2D eigenvalue weighted by molar-refractivity contribution is 0.0335. The lowest BCUT2D eigenvalue weighted by atomic mass is 10.2. The third kappa shape index (κ3) is 7.73. The first kappa shape index (κ1) is 22.8. The molecule has 0 amide bonds. The average molecular weight is 479 g/mol. The summed E-state index contributed by atoms with van der Waals surface area (Å²) >= 11 is 3.37. The van der Waals surface area contributed by atoms with Crippen LogP contribution in [-0.4, -0.2) is 83.5 Å². The summed E-state index contributed by atoms with van der Waals surface area (Å²) in [7, 11) is 0. The topological polar surface area (TPSA) is 88.0 Å². The first-order valence-electron chi connectivity index (χ1n) is 10.0. The molecule has 0 aromatic carbocycles. The van der Waals surface area contributed by atoms with Crippen molar-refractivity contribution in [3.8, 4) is 0 Å². The van der Waals surface area contributed by atoms with Crippen molar-refractivity contribution in [1.29, 1.82) is 0 Å². The second-order valence-corrected chi connectivity index (χ2v) is 7.86. The number of carbonyl (C=O) groups is 1. The van der Waals surface area contributed by atoms with Crippen molar-refractivity contribution >= 4 is 21.9 Å². The molecule has 4 rings (SSSR count). The number of morpholine rings is 2. The van der Waals surface area contributed by atoms with Crippen molar-refractivity contribution in [2.75, 3.05) is 52.6 Å². The zero-order chi connectivity index (χ0) is 21.2. The molecular weight excluding hydrogens is 452 g/mol. The lowest BCUT2D eigenvalue weighted by Gasteiger charge is -2.26. The van der Waals surface area contributed by atoms with Gasteiger partial charge in [-0.15, -0.1) is 0 Å². The number of nitrogens with zero attached hydrogens (tertiary/aromatic N) is 4. The molecule has 0 radical (unpaired) electrons. The predicted molar refractivity (Wildman–Crippen MR) is 115 cm³/mol. The molecule has 162 valence electrons. The third-order valence-electron chi connectivity index (χ3n) is 4.78. The zero-order valence-electron chi connectivity index (χ0n) is 16.9. The Morgan fingerprint density at radius 2 is 1.37 bits per heavy atom. The average Bonchev–Trinajstić information content (AvgIpc) is 2.76. The van der Waals surface area contributed by atoms with Crippen LogP contribution in [0, 0.1) is 0 Å². The number of hydrogen-bond acceptors (Lipinski definition) is 7. The highest BCUT2D eigenvalue weighted by molar-refractivity contribution is 9.10. The normalized spacial score (nSPS) is 17.8. The standard InChI is InChI=1S/C11H14N2O3.C10H13BrN2O/c14-11(15)10-3-1-2-9(12-10)8-13-4-6-16-7-5-13;11-10-3-1-2-9(12-10)8-13-4-6-14-7-5-13/h1-3H,4-8H2,(H,14,15);1-3H,4-8H2. The number of ether oxygens (including phenoxy) is 2. The van der Waals surface area contributed by atoms with Gasteiger partial charge in [0, 0.05) is 39.3 Å². The van der Waals surface area contributed by atoms with Crippen molar-refractivity contribution < 1.29 is 19.4 Å². The molecule has 0 bridgehead atoms. The van der Waals surface area contributed by atoms with E-state index in [1.807, 2.05) is 18.2 Å². The maximum absolute atomic E-state index is 10.7. The van der Waals surface area contributed by atoms with Gasteiger partial charge in [-0.05, 0) is 40.2 Å². The van der Waals surface area contributed by atoms with Crippen molar-refractivity contribution in [3.63, 3.8) is 0 Å². The summed E-state index contributed by atoms with van der Waals surface area (Å²) in [5.41, 5.74) is 2.01. The van der Waals surface area contributed by atoms with Gasteiger partial charge in [0.15, 0.2) is 0 Å². The molecule has 0 aliphatic carbocycles. The third-order valence-corrected chi connectivity index (χ3v) is 5.22. The van der Waals surface area contributed by atoms with Crippen molar-refractivity contribution in [1.82, 2.24) is 19.8 Å². The highest BCUT2D eigenvalue weighted by Crippen LogP contribution is 2.09. The van der Waals surface area contributed by atoms with E-state index in [0.717, 1.165) is 75.1 Å². The van der Waals surface area contributed by atoms with E-state index in [-0.39, 0.29) is 5.69 Å². The zero-order valence-corrected chi connectivity index (χ0v) is 18.5. The lowest BCUT2D eigenvalue weighted by Crippen LogP contribution is -2.35. The summed E-state index contributed by atoms with van der Waals surface area (Å²) in [5.74, 6) is -0.983. The van der Waals surface area contributed by atoms with E-state index in [1.54, 1.807) is 6.07 Å². The van der Waals surface area contributed by atoms with E-state index < -0.39 is 5.97 Å². The molecular formula is C21H27BrN4O4. The number of carboxylic acids is 1. The molecule has 2 aliphatic heterocycles. The maximum Gasteiger partial charge on any atom is 0.354 e. The Bertz CT molecular complexity index is 811. The van der Waals surface area contributed by atoms with E-state index in [4.69, 9.17) is 14.6 Å². The Hall–Kier alpha value is -1.91. The van der Waals surface area contributed by atoms with E-state index in [0.29, 0.717) is 6.54 Å². The number of carboxylic acid groups (broad SMARTS) is 1. The minimum atomic E-state index is -0.983. The molecule has 9 heteroatoms. The van der Waals surface area contributed by atoms with Crippen LogP contribution in [0.4, 0.5) is 0 Å². The van der Waals surface area contributed by atoms with Crippen LogP contribution in [0.2, 0.25) is 0 Å². The number of rotatable bonds is 5. The molecule has 2 saturated heterocycles. The fraction of sp³-hybridized carbons (Fsp3) is 0.476. The molecule has 2 aromatic heterocycles. The number of halogens is 1. The Kier molecular flexibility index (Phi) is 9.16. The van der Waals surface area contributed by atoms with Gasteiger partial charge < -0.3 is 14.6 Å². The van der Waals surface area contributed by atoms with Crippen LogP contribution in [0.1, 0.15) is 21.9 Å². The second-order valence-electron chi connectivity index (χ2n) is 7.05. The molecule has 30 heavy (non-hydrogen) atoms. The monoisotopic (exact) mass is 478 g/mol. The quantitative estimate of drug-likeness (QED) is 0.654. The Labute approximate surface area is 185 Å². The predicted octanol–water partition coefficient (Wildman–Crippen LogP) is 2.29. The van der Waals surface area contributed by atoms with E-state index in [2.05, 4.69) is 41.8 Å². The minimum Gasteiger partial charge on any atom is -0.477 e. The highest BCUT2D eigenvalue weighted by Gasteiger charge is 2.13. The minimum absolute atomic E-state index is 0.103. The summed E-state index contributed by atoms with van der Waals surface area (Å²) < 4.78 is 11.4. The van der Waals surface area contributed by atoms with Crippen LogP contribution >= 0.6 is 15.9 Å². The van der Waals surface area contributed by atoms with Gasteiger partial charge in [-0.3, -0.25) is 9.80 Å². The molecule has 0 saturated carbocycles. The fourth-order valence-corrected chi connectivity index (χ4v) is 3.58. The summed E-state index contributed by atoms with van der Waals surface area (Å²) in [6.07, 6.45) is 0. The maximum atomic E-state index is 10.7. The van der Waals surface area contributed by atoms with E-state index in [9.17, 15) is 4.79 Å². The van der Waals surface area contributed by atoms with E-state index >= 15 is 0 Å². The first-order valence-corrected chi connectivity index (χ1v) is 10.8. The molecule has 1 N–H and O–H groups in total. The van der Waals surface area contributed by atoms with Gasteiger partial charge in [0.25, 0.3) is 0 Å². The van der Waals surface area contributed by atoms with Crippen LogP contribution in [0.5, 0.6) is 0 Å². The number of aromatic nitrogens is 2. The van der Waals surface area contributed by atoms with Crippen molar-refractivity contribution in [3.05, 3.63) is 58.1 Å². The summed E-state index contributed by atoms with van der Waals surface area (Å²) in [5, 5.41) is 8.82. The Balaban J connectivity index is 0.000000172. The van der Waals surface area contributed by atoms with E-state index in [1.165, 1.54) is 6.07 Å². The smallest absolute Gasteiger partial charge is 0.354 e. The molecule has 2 fully saturated rings. The van der Waals surface area contributed by atoms with Crippen LogP contribution in [0.25, 0.3) is 0 Å².